The Morgan fingerprint density at radius 3 is 1.83 bits per heavy atom. The maximum Gasteiger partial charge on any atom is 0.159 e. The Bertz CT molecular complexity index is 1130. The third-order valence-corrected chi connectivity index (χ3v) is 5.44. The van der Waals surface area contributed by atoms with Crippen LogP contribution >= 0.6 is 0 Å². The van der Waals surface area contributed by atoms with E-state index in [-0.39, 0.29) is 0 Å². The van der Waals surface area contributed by atoms with Gasteiger partial charge in [0, 0.05) is 0 Å². The van der Waals surface area contributed by atoms with Crippen LogP contribution in [0, 0.1) is 11.6 Å². The van der Waals surface area contributed by atoms with Gasteiger partial charge in [-0.25, -0.2) is 8.78 Å². The monoisotopic (exact) mass is 386 g/mol. The van der Waals surface area contributed by atoms with Gasteiger partial charge in [-0.05, 0) is 69.6 Å². The van der Waals surface area contributed by atoms with Crippen LogP contribution in [0.1, 0.15) is 31.7 Å². The number of aryl methyl sites for hydroxylation is 1. The largest absolute Gasteiger partial charge is 0.204 e. The molecule has 0 aliphatic rings. The molecular formula is C27H24F2. The van der Waals surface area contributed by atoms with Gasteiger partial charge in [-0.15, -0.1) is 0 Å². The van der Waals surface area contributed by atoms with Gasteiger partial charge in [0.2, 0.25) is 0 Å². The fourth-order valence-electron chi connectivity index (χ4n) is 3.74. The van der Waals surface area contributed by atoms with E-state index < -0.39 is 11.6 Å². The summed E-state index contributed by atoms with van der Waals surface area (Å²) < 4.78 is 26.7. The lowest BCUT2D eigenvalue weighted by molar-refractivity contribution is 0.509. The SMILES string of the molecule is CCCCCc1ccc2cc(-c3ccc(-c4ccc(F)c(F)c4)cc3)ccc2c1. The lowest BCUT2D eigenvalue weighted by Crippen LogP contribution is -1.87. The van der Waals surface area contributed by atoms with Gasteiger partial charge in [0.1, 0.15) is 0 Å². The summed E-state index contributed by atoms with van der Waals surface area (Å²) in [6.45, 7) is 2.23. The van der Waals surface area contributed by atoms with E-state index in [2.05, 4.69) is 43.3 Å². The van der Waals surface area contributed by atoms with Crippen LogP contribution in [0.25, 0.3) is 33.0 Å². The van der Waals surface area contributed by atoms with Gasteiger partial charge in [-0.2, -0.15) is 0 Å². The minimum Gasteiger partial charge on any atom is -0.204 e. The van der Waals surface area contributed by atoms with Gasteiger partial charge < -0.3 is 0 Å². The molecule has 0 nitrogen and oxygen atoms in total. The van der Waals surface area contributed by atoms with Gasteiger partial charge in [0.25, 0.3) is 0 Å². The zero-order chi connectivity index (χ0) is 20.2. The molecule has 2 heteroatoms. The van der Waals surface area contributed by atoms with Crippen LogP contribution in [0.15, 0.2) is 78.9 Å². The summed E-state index contributed by atoms with van der Waals surface area (Å²) in [5, 5.41) is 2.49. The molecule has 0 unspecified atom stereocenters. The molecule has 0 saturated carbocycles. The van der Waals surface area contributed by atoms with Crippen molar-refractivity contribution >= 4 is 10.8 Å². The van der Waals surface area contributed by atoms with Crippen LogP contribution in [-0.2, 0) is 6.42 Å². The summed E-state index contributed by atoms with van der Waals surface area (Å²) in [5.41, 5.74) is 5.18. The van der Waals surface area contributed by atoms with Crippen LogP contribution in [0.3, 0.4) is 0 Å². The zero-order valence-corrected chi connectivity index (χ0v) is 16.6. The van der Waals surface area contributed by atoms with E-state index >= 15 is 0 Å². The fourth-order valence-corrected chi connectivity index (χ4v) is 3.74. The molecule has 0 saturated heterocycles. The molecule has 29 heavy (non-hydrogen) atoms. The summed E-state index contributed by atoms with van der Waals surface area (Å²) in [5.74, 6) is -1.65. The fraction of sp³-hybridized carbons (Fsp3) is 0.185. The highest BCUT2D eigenvalue weighted by atomic mass is 19.2. The second-order valence-electron chi connectivity index (χ2n) is 7.56. The molecule has 4 rings (SSSR count). The average Bonchev–Trinajstić information content (AvgIpc) is 2.75. The predicted octanol–water partition coefficient (Wildman–Crippen LogP) is 8.18. The molecule has 0 fully saturated rings. The van der Waals surface area contributed by atoms with E-state index in [1.165, 1.54) is 47.7 Å². The predicted molar refractivity (Wildman–Crippen MR) is 118 cm³/mol. The van der Waals surface area contributed by atoms with Crippen molar-refractivity contribution < 1.29 is 8.78 Å². The van der Waals surface area contributed by atoms with Crippen LogP contribution in [0.4, 0.5) is 8.78 Å². The highest BCUT2D eigenvalue weighted by Crippen LogP contribution is 2.28. The van der Waals surface area contributed by atoms with Crippen molar-refractivity contribution in [1.82, 2.24) is 0 Å². The molecule has 4 aromatic rings. The molecule has 0 aromatic heterocycles. The second-order valence-corrected chi connectivity index (χ2v) is 7.56. The van der Waals surface area contributed by atoms with Crippen molar-refractivity contribution in [2.75, 3.05) is 0 Å². The Morgan fingerprint density at radius 1 is 0.552 bits per heavy atom. The summed E-state index contributed by atoms with van der Waals surface area (Å²) in [6, 6.07) is 25.2. The number of hydrogen-bond donors (Lipinski definition) is 0. The Hall–Kier alpha value is -3.00. The smallest absolute Gasteiger partial charge is 0.159 e. The van der Waals surface area contributed by atoms with Crippen LogP contribution in [0.5, 0.6) is 0 Å². The highest BCUT2D eigenvalue weighted by Gasteiger charge is 2.06. The average molecular weight is 386 g/mol. The maximum atomic E-state index is 13.5. The Morgan fingerprint density at radius 2 is 1.14 bits per heavy atom. The lowest BCUT2D eigenvalue weighted by atomic mass is 9.97. The molecule has 0 spiro atoms. The first-order valence-electron chi connectivity index (χ1n) is 10.2. The first-order chi connectivity index (χ1) is 14.1. The zero-order valence-electron chi connectivity index (χ0n) is 16.6. The quantitative estimate of drug-likeness (QED) is 0.293. The number of benzene rings is 4. The molecule has 0 bridgehead atoms. The van der Waals surface area contributed by atoms with Gasteiger partial charge in [0.15, 0.2) is 11.6 Å². The molecule has 4 aromatic carbocycles. The van der Waals surface area contributed by atoms with E-state index in [9.17, 15) is 8.78 Å². The second kappa shape index (κ2) is 8.57. The Balaban J connectivity index is 1.57. The minimum absolute atomic E-state index is 0.671. The molecule has 0 N–H and O–H groups in total. The Kier molecular flexibility index (Phi) is 5.71. The molecule has 0 aliphatic heterocycles. The van der Waals surface area contributed by atoms with Gasteiger partial charge in [-0.1, -0.05) is 80.4 Å². The van der Waals surface area contributed by atoms with Crippen molar-refractivity contribution in [2.24, 2.45) is 0 Å². The van der Waals surface area contributed by atoms with Crippen molar-refractivity contribution in [3.8, 4) is 22.3 Å². The van der Waals surface area contributed by atoms with Gasteiger partial charge >= 0.3 is 0 Å². The van der Waals surface area contributed by atoms with E-state index in [4.69, 9.17) is 0 Å². The van der Waals surface area contributed by atoms with E-state index in [0.29, 0.717) is 5.56 Å². The number of halogens is 2. The first kappa shape index (κ1) is 19.3. The van der Waals surface area contributed by atoms with Crippen molar-refractivity contribution in [1.29, 1.82) is 0 Å². The highest BCUT2D eigenvalue weighted by molar-refractivity contribution is 5.88. The topological polar surface area (TPSA) is 0 Å². The molecular weight excluding hydrogens is 362 g/mol. The maximum absolute atomic E-state index is 13.5. The summed E-state index contributed by atoms with van der Waals surface area (Å²) in [7, 11) is 0. The molecule has 0 aliphatic carbocycles. The van der Waals surface area contributed by atoms with Gasteiger partial charge in [0.05, 0.1) is 0 Å². The first-order valence-corrected chi connectivity index (χ1v) is 10.2. The third kappa shape index (κ3) is 4.37. The standard InChI is InChI=1S/C27H24F2/c1-2-3-4-5-19-6-7-24-17-23(13-12-22(24)16-19)20-8-10-21(11-9-20)25-14-15-26(28)27(29)18-25/h6-18H,2-5H2,1H3. The van der Waals surface area contributed by atoms with Gasteiger partial charge in [-0.3, -0.25) is 0 Å². The number of fused-ring (bicyclic) bond motifs is 1. The normalized spacial score (nSPS) is 11.1. The third-order valence-electron chi connectivity index (χ3n) is 5.44. The Labute approximate surface area is 170 Å². The number of hydrogen-bond acceptors (Lipinski definition) is 0. The molecule has 0 atom stereocenters. The van der Waals surface area contributed by atoms with Crippen molar-refractivity contribution in [2.45, 2.75) is 32.6 Å². The molecule has 0 radical (unpaired) electrons. The van der Waals surface area contributed by atoms with E-state index in [1.807, 2.05) is 24.3 Å². The number of unbranched alkanes of at least 4 members (excludes halogenated alkanes) is 2. The summed E-state index contributed by atoms with van der Waals surface area (Å²) >= 11 is 0. The van der Waals surface area contributed by atoms with Crippen LogP contribution in [0.2, 0.25) is 0 Å². The van der Waals surface area contributed by atoms with Crippen molar-refractivity contribution in [3.63, 3.8) is 0 Å². The summed E-state index contributed by atoms with van der Waals surface area (Å²) in [4.78, 5) is 0. The molecule has 0 heterocycles. The van der Waals surface area contributed by atoms with Crippen molar-refractivity contribution in [3.05, 3.63) is 96.1 Å². The molecule has 146 valence electrons. The minimum atomic E-state index is -0.824. The summed E-state index contributed by atoms with van der Waals surface area (Å²) in [6.07, 6.45) is 4.89. The molecule has 0 amide bonds. The van der Waals surface area contributed by atoms with Crippen LogP contribution in [-0.4, -0.2) is 0 Å². The van der Waals surface area contributed by atoms with E-state index in [0.717, 1.165) is 23.1 Å². The number of rotatable bonds is 6. The van der Waals surface area contributed by atoms with E-state index in [1.54, 1.807) is 6.07 Å². The lowest BCUT2D eigenvalue weighted by Gasteiger charge is -2.08. The van der Waals surface area contributed by atoms with Crippen LogP contribution < -0.4 is 0 Å².